The molecule has 0 amide bonds. The van der Waals surface area contributed by atoms with Crippen molar-refractivity contribution in [1.82, 2.24) is 0 Å². The quantitative estimate of drug-likeness (QED) is 0.627. The van der Waals surface area contributed by atoms with Gasteiger partial charge in [-0.15, -0.1) is 12.6 Å². The summed E-state index contributed by atoms with van der Waals surface area (Å²) in [7, 11) is 0. The zero-order valence-corrected chi connectivity index (χ0v) is 9.65. The van der Waals surface area contributed by atoms with Crippen LogP contribution in [-0.4, -0.2) is 10.9 Å². The first-order valence-electron chi connectivity index (χ1n) is 4.37. The van der Waals surface area contributed by atoms with Crippen LogP contribution < -0.4 is 0 Å². The summed E-state index contributed by atoms with van der Waals surface area (Å²) >= 11 is 5.57. The molecular weight excluding hydrogens is 212 g/mol. The molecular formula is C11H12OS2. The number of carbonyl (C=O) groups is 1. The van der Waals surface area contributed by atoms with Crippen LogP contribution in [0.3, 0.4) is 0 Å². The number of rotatable bonds is 3. The lowest BCUT2D eigenvalue weighted by molar-refractivity contribution is -0.106. The summed E-state index contributed by atoms with van der Waals surface area (Å²) < 4.78 is 0. The van der Waals surface area contributed by atoms with Crippen LogP contribution in [0.15, 0.2) is 36.4 Å². The molecule has 0 atom stereocenters. The van der Waals surface area contributed by atoms with E-state index in [1.807, 2.05) is 37.3 Å². The van der Waals surface area contributed by atoms with Gasteiger partial charge >= 0.3 is 0 Å². The molecule has 0 fully saturated rings. The minimum Gasteiger partial charge on any atom is -0.282 e. The minimum absolute atomic E-state index is 0.0568. The van der Waals surface area contributed by atoms with Gasteiger partial charge in [-0.05, 0) is 11.3 Å². The van der Waals surface area contributed by atoms with Crippen molar-refractivity contribution in [2.24, 2.45) is 0 Å². The molecule has 0 radical (unpaired) electrons. The first-order chi connectivity index (χ1) is 6.74. The Bertz CT molecular complexity index is 330. The predicted molar refractivity (Wildman–Crippen MR) is 66.5 cm³/mol. The maximum atomic E-state index is 11.3. The molecule has 14 heavy (non-hydrogen) atoms. The molecule has 0 heterocycles. The minimum atomic E-state index is 0.0568. The Labute approximate surface area is 94.0 Å². The molecule has 74 valence electrons. The molecule has 0 aliphatic rings. The molecule has 0 aliphatic carbocycles. The second-order valence-corrected chi connectivity index (χ2v) is 4.40. The summed E-state index contributed by atoms with van der Waals surface area (Å²) in [5, 5.41) is 0.0568. The largest absolute Gasteiger partial charge is 0.282 e. The summed E-state index contributed by atoms with van der Waals surface area (Å²) in [6.45, 7) is 1.96. The first-order valence-corrected chi connectivity index (χ1v) is 5.80. The second kappa shape index (κ2) is 5.94. The molecule has 1 aromatic carbocycles. The molecule has 1 aromatic rings. The molecule has 0 unspecified atom stereocenters. The summed E-state index contributed by atoms with van der Waals surface area (Å²) in [6.07, 6.45) is 1.56. The predicted octanol–water partition coefficient (Wildman–Crippen LogP) is 3.24. The van der Waals surface area contributed by atoms with Crippen molar-refractivity contribution < 1.29 is 4.79 Å². The Kier molecular flexibility index (Phi) is 4.84. The summed E-state index contributed by atoms with van der Waals surface area (Å²) in [6, 6.07) is 9.66. The van der Waals surface area contributed by atoms with E-state index in [4.69, 9.17) is 0 Å². The molecule has 0 aliphatic heterocycles. The van der Waals surface area contributed by atoms with E-state index in [2.05, 4.69) is 12.6 Å². The van der Waals surface area contributed by atoms with Crippen LogP contribution in [0.4, 0.5) is 0 Å². The smallest absolute Gasteiger partial charge is 0.213 e. The van der Waals surface area contributed by atoms with Gasteiger partial charge in [0.05, 0.1) is 0 Å². The number of thioether (sulfide) groups is 1. The third-order valence-electron chi connectivity index (χ3n) is 1.61. The number of hydrogen-bond acceptors (Lipinski definition) is 3. The lowest BCUT2D eigenvalue weighted by atomic mass is 10.2. The van der Waals surface area contributed by atoms with E-state index < -0.39 is 0 Å². The highest BCUT2D eigenvalue weighted by Gasteiger charge is 2.00. The van der Waals surface area contributed by atoms with Gasteiger partial charge in [-0.1, -0.05) is 49.0 Å². The third kappa shape index (κ3) is 3.60. The Hall–Kier alpha value is -0.670. The molecule has 1 nitrogen and oxygen atoms in total. The van der Waals surface area contributed by atoms with Crippen LogP contribution in [0.1, 0.15) is 12.5 Å². The molecule has 0 saturated heterocycles. The number of thiol groups is 1. The fraction of sp³-hybridized carbons (Fsp3) is 0.182. The van der Waals surface area contributed by atoms with Crippen LogP contribution in [0.25, 0.3) is 4.91 Å². The van der Waals surface area contributed by atoms with Gasteiger partial charge in [-0.25, -0.2) is 0 Å². The molecule has 0 spiro atoms. The first kappa shape index (κ1) is 11.4. The van der Waals surface area contributed by atoms with Crippen LogP contribution >= 0.6 is 24.4 Å². The van der Waals surface area contributed by atoms with Crippen LogP contribution in [-0.2, 0) is 4.79 Å². The molecule has 0 saturated carbocycles. The van der Waals surface area contributed by atoms with E-state index in [-0.39, 0.29) is 5.12 Å². The van der Waals surface area contributed by atoms with Gasteiger partial charge in [0.25, 0.3) is 0 Å². The molecule has 0 aromatic heterocycles. The topological polar surface area (TPSA) is 17.1 Å². The van der Waals surface area contributed by atoms with Crippen molar-refractivity contribution in [3.8, 4) is 0 Å². The highest BCUT2D eigenvalue weighted by molar-refractivity contribution is 8.14. The van der Waals surface area contributed by atoms with Crippen molar-refractivity contribution in [1.29, 1.82) is 0 Å². The number of hydrogen-bond donors (Lipinski definition) is 1. The van der Waals surface area contributed by atoms with Gasteiger partial charge in [0.1, 0.15) is 0 Å². The standard InChI is InChI=1S/C11H12OS2/c1-2-14-11(12)8-10(13)9-6-4-3-5-7-9/h3-8,13H,2H2,1H3/b10-8-. The maximum absolute atomic E-state index is 11.3. The van der Waals surface area contributed by atoms with Gasteiger partial charge in [0.2, 0.25) is 5.12 Å². The highest BCUT2D eigenvalue weighted by Crippen LogP contribution is 2.19. The summed E-state index contributed by atoms with van der Waals surface area (Å²) in [4.78, 5) is 12.0. The van der Waals surface area contributed by atoms with Gasteiger partial charge in [-0.3, -0.25) is 4.79 Å². The van der Waals surface area contributed by atoms with E-state index in [1.165, 1.54) is 11.8 Å². The number of benzene rings is 1. The van der Waals surface area contributed by atoms with E-state index in [0.717, 1.165) is 16.2 Å². The van der Waals surface area contributed by atoms with E-state index >= 15 is 0 Å². The Morgan fingerprint density at radius 3 is 2.64 bits per heavy atom. The Morgan fingerprint density at radius 2 is 2.07 bits per heavy atom. The highest BCUT2D eigenvalue weighted by atomic mass is 32.2. The van der Waals surface area contributed by atoms with Crippen molar-refractivity contribution in [3.63, 3.8) is 0 Å². The second-order valence-electron chi connectivity index (χ2n) is 2.65. The van der Waals surface area contributed by atoms with Crippen molar-refractivity contribution in [3.05, 3.63) is 42.0 Å². The lowest BCUT2D eigenvalue weighted by Crippen LogP contribution is -1.87. The zero-order chi connectivity index (χ0) is 10.4. The average Bonchev–Trinajstić information content (AvgIpc) is 2.19. The SMILES string of the molecule is CCSC(=O)/C=C(\S)c1ccccc1. The van der Waals surface area contributed by atoms with E-state index in [0.29, 0.717) is 0 Å². The lowest BCUT2D eigenvalue weighted by Gasteiger charge is -1.98. The summed E-state index contributed by atoms with van der Waals surface area (Å²) in [5.41, 5.74) is 0.973. The zero-order valence-electron chi connectivity index (χ0n) is 7.93. The van der Waals surface area contributed by atoms with Crippen molar-refractivity contribution >= 4 is 34.4 Å². The van der Waals surface area contributed by atoms with Gasteiger partial charge in [0.15, 0.2) is 0 Å². The van der Waals surface area contributed by atoms with Gasteiger partial charge in [-0.2, -0.15) is 0 Å². The van der Waals surface area contributed by atoms with Crippen molar-refractivity contribution in [2.75, 3.05) is 5.75 Å². The van der Waals surface area contributed by atoms with Crippen molar-refractivity contribution in [2.45, 2.75) is 6.92 Å². The fourth-order valence-corrected chi connectivity index (χ4v) is 1.83. The normalized spacial score (nSPS) is 11.4. The fourth-order valence-electron chi connectivity index (χ4n) is 0.988. The van der Waals surface area contributed by atoms with Gasteiger partial charge < -0.3 is 0 Å². The van der Waals surface area contributed by atoms with E-state index in [1.54, 1.807) is 6.08 Å². The Balaban J connectivity index is 2.75. The molecule has 0 bridgehead atoms. The molecule has 1 rings (SSSR count). The van der Waals surface area contributed by atoms with Crippen LogP contribution in [0, 0.1) is 0 Å². The molecule has 0 N–H and O–H groups in total. The van der Waals surface area contributed by atoms with Gasteiger partial charge in [0, 0.05) is 11.0 Å². The monoisotopic (exact) mass is 224 g/mol. The van der Waals surface area contributed by atoms with E-state index in [9.17, 15) is 4.79 Å². The van der Waals surface area contributed by atoms with Crippen LogP contribution in [0.2, 0.25) is 0 Å². The third-order valence-corrected chi connectivity index (χ3v) is 2.69. The molecule has 3 heteroatoms. The summed E-state index contributed by atoms with van der Waals surface area (Å²) in [5.74, 6) is 0.797. The Morgan fingerprint density at radius 1 is 1.43 bits per heavy atom. The number of carbonyl (C=O) groups excluding carboxylic acids is 1. The van der Waals surface area contributed by atoms with Crippen LogP contribution in [0.5, 0.6) is 0 Å². The maximum Gasteiger partial charge on any atom is 0.213 e. The average molecular weight is 224 g/mol.